The first-order valence-corrected chi connectivity index (χ1v) is 36.7. The molecule has 0 radical (unpaired) electrons. The predicted molar refractivity (Wildman–Crippen MR) is 388 cm³/mol. The molecule has 1 saturated heterocycles. The molecule has 0 bridgehead atoms. The summed E-state index contributed by atoms with van der Waals surface area (Å²) in [6, 6.07) is 7.84. The highest BCUT2D eigenvalue weighted by molar-refractivity contribution is 7.90. The molecule has 0 aromatic heterocycles. The molecule has 1 heterocycles. The Hall–Kier alpha value is -6.20. The summed E-state index contributed by atoms with van der Waals surface area (Å²) in [5.41, 5.74) is -0.174. The second kappa shape index (κ2) is 58.0. The first-order chi connectivity index (χ1) is 45.0. The largest absolute Gasteiger partial charge is 0.519 e. The first-order valence-electron chi connectivity index (χ1n) is 35.1. The van der Waals surface area contributed by atoms with Crippen LogP contribution in [0.2, 0.25) is 0 Å². The lowest BCUT2D eigenvalue weighted by Crippen LogP contribution is -2.56. The van der Waals surface area contributed by atoms with E-state index in [-0.39, 0.29) is 54.3 Å². The summed E-state index contributed by atoms with van der Waals surface area (Å²) in [5.74, 6) is -4.16. The summed E-state index contributed by atoms with van der Waals surface area (Å²) in [4.78, 5) is 110. The van der Waals surface area contributed by atoms with Crippen LogP contribution in [-0.4, -0.2) is 154 Å². The number of likely N-dealkylation sites (N-methyl/N-ethyl adjacent to an activating group) is 2. The van der Waals surface area contributed by atoms with Gasteiger partial charge in [0.25, 0.3) is 5.91 Å². The molecule has 0 spiro atoms. The Kier molecular flexibility index (Phi) is 61.0. The van der Waals surface area contributed by atoms with Gasteiger partial charge in [-0.25, -0.2) is 18.0 Å². The van der Waals surface area contributed by atoms with E-state index in [4.69, 9.17) is 23.7 Å². The molecular weight excluding hydrogens is 1230 g/mol. The van der Waals surface area contributed by atoms with Crippen LogP contribution < -0.4 is 24.8 Å². The van der Waals surface area contributed by atoms with Gasteiger partial charge in [-0.1, -0.05) is 197 Å². The first kappa shape index (κ1) is 99.8. The van der Waals surface area contributed by atoms with Crippen LogP contribution in [0.4, 0.5) is 15.3 Å². The number of amides is 6. The van der Waals surface area contributed by atoms with E-state index in [1.807, 2.05) is 96.9 Å². The number of ether oxygens (including phenoxy) is 5. The standard InChI is InChI=1S/C51H75N7O15S.3C3H8.6C2H6/c1-13-31(4)44(56(9)42(60)29-52-48(63)43(30(2)3)57(10)49(64)73-51(6,7)8)40(69-11)28-41(59)58-26-14-15-39(58)45(70-12)32(5)46(61)53-38(47(62)55-74(67,68)37-24-25-37)27-33-16-20-35(21-17-33)71-50(65)72-36-22-18-34(54-66)19-23-36;3*1-3-2;6*1-2/h16-23,30-32,37-40,43-45H,13-15,24-29H2,1-12H3,(H,52,63)(H,53,61)(H,55,62);3*3H2,1-2H3;6*1-2H3. The lowest BCUT2D eigenvalue weighted by molar-refractivity contribution is -0.146. The van der Waals surface area contributed by atoms with Gasteiger partial charge in [-0.2, -0.15) is 0 Å². The van der Waals surface area contributed by atoms with Crippen LogP contribution >= 0.6 is 0 Å². The minimum atomic E-state index is -4.02. The molecule has 6 amide bonds. The van der Waals surface area contributed by atoms with Crippen LogP contribution in [0, 0.1) is 22.7 Å². The normalized spacial score (nSPS) is 14.6. The highest BCUT2D eigenvalue weighted by atomic mass is 32.2. The second-order valence-corrected chi connectivity index (χ2v) is 24.4. The molecule has 2 aromatic carbocycles. The van der Waals surface area contributed by atoms with Gasteiger partial charge in [-0.15, -0.1) is 4.91 Å². The Balaban J connectivity index is -0.000000845. The third-order valence-electron chi connectivity index (χ3n) is 13.3. The average Bonchev–Trinajstić information content (AvgIpc) is 1.78. The monoisotopic (exact) mass is 1370 g/mol. The highest BCUT2D eigenvalue weighted by Gasteiger charge is 2.44. The molecule has 8 atom stereocenters. The molecule has 8 unspecified atom stereocenters. The Bertz CT molecular complexity index is 2450. The van der Waals surface area contributed by atoms with Crippen LogP contribution in [0.15, 0.2) is 53.7 Å². The minimum absolute atomic E-state index is 0.0783. The lowest BCUT2D eigenvalue weighted by Gasteiger charge is -2.39. The third kappa shape index (κ3) is 39.6. The molecular formula is C72H135N7O15S. The van der Waals surface area contributed by atoms with Crippen LogP contribution in [0.25, 0.3) is 0 Å². The fraction of sp³-hybridized carbons (Fsp3) is 0.736. The van der Waals surface area contributed by atoms with E-state index in [9.17, 15) is 46.9 Å². The summed E-state index contributed by atoms with van der Waals surface area (Å²) < 4.78 is 55.7. The van der Waals surface area contributed by atoms with Crippen molar-refractivity contribution in [1.29, 1.82) is 0 Å². The third-order valence-corrected chi connectivity index (χ3v) is 15.1. The van der Waals surface area contributed by atoms with E-state index in [0.717, 1.165) is 0 Å². The summed E-state index contributed by atoms with van der Waals surface area (Å²) in [6.45, 7) is 50.9. The maximum absolute atomic E-state index is 14.4. The molecule has 1 saturated carbocycles. The molecule has 554 valence electrons. The fourth-order valence-electron chi connectivity index (χ4n) is 8.99. The van der Waals surface area contributed by atoms with E-state index in [1.54, 1.807) is 53.5 Å². The van der Waals surface area contributed by atoms with E-state index < -0.39 is 99.0 Å². The number of hydrogen-bond donors (Lipinski definition) is 3. The van der Waals surface area contributed by atoms with Crippen molar-refractivity contribution in [3.8, 4) is 11.5 Å². The van der Waals surface area contributed by atoms with Gasteiger partial charge in [-0.05, 0) is 105 Å². The number of likely N-dealkylation sites (tertiary alicyclic amines) is 1. The van der Waals surface area contributed by atoms with Gasteiger partial charge in [-0.3, -0.25) is 33.6 Å². The van der Waals surface area contributed by atoms with E-state index in [0.29, 0.717) is 44.2 Å². The van der Waals surface area contributed by atoms with Crippen molar-refractivity contribution in [3.63, 3.8) is 0 Å². The van der Waals surface area contributed by atoms with Gasteiger partial charge in [0, 0.05) is 41.3 Å². The number of nitroso groups, excluding NO2 is 1. The average molecular weight is 1370 g/mol. The maximum Gasteiger partial charge on any atom is 0.519 e. The van der Waals surface area contributed by atoms with Crippen molar-refractivity contribution in [1.82, 2.24) is 30.1 Å². The topological polar surface area (TPSA) is 275 Å². The van der Waals surface area contributed by atoms with Crippen molar-refractivity contribution in [2.24, 2.45) is 22.9 Å². The number of hydrogen-bond acceptors (Lipinski definition) is 16. The molecule has 3 N–H and O–H groups in total. The Labute approximate surface area is 577 Å². The van der Waals surface area contributed by atoms with Gasteiger partial charge < -0.3 is 44.1 Å². The summed E-state index contributed by atoms with van der Waals surface area (Å²) in [5, 5.41) is 7.47. The quantitative estimate of drug-likeness (QED) is 0.0473. The molecule has 2 aliphatic rings. The zero-order valence-corrected chi connectivity index (χ0v) is 65.5. The molecule has 2 fully saturated rings. The summed E-state index contributed by atoms with van der Waals surface area (Å²) >= 11 is 0. The van der Waals surface area contributed by atoms with Gasteiger partial charge in [0.05, 0.1) is 48.4 Å². The number of benzene rings is 2. The Morgan fingerprint density at radius 3 is 1.53 bits per heavy atom. The van der Waals surface area contributed by atoms with Crippen LogP contribution in [0.5, 0.6) is 11.5 Å². The smallest absolute Gasteiger partial charge is 0.444 e. The maximum atomic E-state index is 14.4. The van der Waals surface area contributed by atoms with E-state index >= 15 is 0 Å². The van der Waals surface area contributed by atoms with Gasteiger partial charge >= 0.3 is 12.2 Å². The van der Waals surface area contributed by atoms with Gasteiger partial charge in [0.2, 0.25) is 33.7 Å². The molecule has 23 heteroatoms. The number of nitrogens with zero attached hydrogens (tertiary/aromatic N) is 4. The number of sulfonamides is 1. The number of carbonyl (C=O) groups is 7. The zero-order chi connectivity index (χ0) is 75.4. The molecule has 4 rings (SSSR count). The minimum Gasteiger partial charge on any atom is -0.444 e. The van der Waals surface area contributed by atoms with E-state index in [2.05, 4.69) is 62.1 Å². The van der Waals surface area contributed by atoms with Crippen molar-refractivity contribution in [2.45, 2.75) is 291 Å². The molecule has 2 aromatic rings. The number of carbonyl (C=O) groups excluding carboxylic acids is 7. The predicted octanol–water partition coefficient (Wildman–Crippen LogP) is 15.6. The molecule has 22 nitrogen and oxygen atoms in total. The van der Waals surface area contributed by atoms with Crippen molar-refractivity contribution in [2.75, 3.05) is 41.4 Å². The van der Waals surface area contributed by atoms with E-state index in [1.165, 1.54) is 98.9 Å². The Morgan fingerprint density at radius 2 is 1.13 bits per heavy atom. The summed E-state index contributed by atoms with van der Waals surface area (Å²) in [6.07, 6.45) is 2.48. The fourth-order valence-corrected chi connectivity index (χ4v) is 10.3. The summed E-state index contributed by atoms with van der Waals surface area (Å²) in [7, 11) is 1.91. The van der Waals surface area contributed by atoms with Gasteiger partial charge in [0.1, 0.15) is 34.9 Å². The van der Waals surface area contributed by atoms with Crippen LogP contribution in [0.3, 0.4) is 0 Å². The zero-order valence-electron chi connectivity index (χ0n) is 64.7. The second-order valence-electron chi connectivity index (χ2n) is 22.4. The van der Waals surface area contributed by atoms with Crippen molar-refractivity contribution >= 4 is 57.5 Å². The SMILES string of the molecule is CC.CC.CC.CC.CC.CC.CCC.CCC.CCC.CCC(C)C(C(CC(=O)N1CCCC1C(OC)C(C)C(=O)NC(Cc1ccc(OC(=O)Oc2ccc(N=O)cc2)cc1)C(=O)NS(=O)(=O)C1CC1)OC)N(C)C(=O)CNC(=O)C(C(C)C)N(C)C(=O)OC(C)(C)C. The highest BCUT2D eigenvalue weighted by Crippen LogP contribution is 2.31. The van der Waals surface area contributed by atoms with Crippen molar-refractivity contribution in [3.05, 3.63) is 59.0 Å². The number of rotatable bonds is 25. The Morgan fingerprint density at radius 1 is 0.663 bits per heavy atom. The number of nitrogens with one attached hydrogen (secondary N) is 3. The molecule has 1 aliphatic carbocycles. The lowest BCUT2D eigenvalue weighted by atomic mass is 9.90. The molecule has 95 heavy (non-hydrogen) atoms. The van der Waals surface area contributed by atoms with Crippen molar-refractivity contribution < 1.29 is 65.7 Å². The van der Waals surface area contributed by atoms with Gasteiger partial charge in [0.15, 0.2) is 0 Å². The van der Waals surface area contributed by atoms with Crippen LogP contribution in [0.1, 0.15) is 243 Å². The number of methoxy groups -OCH3 is 2. The molecule has 1 aliphatic heterocycles. The van der Waals surface area contributed by atoms with Crippen LogP contribution in [-0.2, 0) is 54.6 Å².